The summed E-state index contributed by atoms with van der Waals surface area (Å²) in [4.78, 5) is 11.2. The summed E-state index contributed by atoms with van der Waals surface area (Å²) in [7, 11) is 1.64. The van der Waals surface area contributed by atoms with Crippen LogP contribution >= 0.6 is 0 Å². The Bertz CT molecular complexity index is 650. The Balaban J connectivity index is 1.69. The van der Waals surface area contributed by atoms with Gasteiger partial charge in [-0.3, -0.25) is 4.79 Å². The molecule has 1 aliphatic rings. The molecule has 1 saturated heterocycles. The van der Waals surface area contributed by atoms with E-state index < -0.39 is 0 Å². The van der Waals surface area contributed by atoms with Crippen molar-refractivity contribution in [3.05, 3.63) is 30.0 Å². The van der Waals surface area contributed by atoms with Gasteiger partial charge in [0.05, 0.1) is 13.2 Å². The summed E-state index contributed by atoms with van der Waals surface area (Å²) >= 11 is 0. The molecule has 3 rings (SSSR count). The van der Waals surface area contributed by atoms with Crippen LogP contribution < -0.4 is 15.4 Å². The molecule has 21 heavy (non-hydrogen) atoms. The maximum atomic E-state index is 11.2. The lowest BCUT2D eigenvalue weighted by Gasteiger charge is -2.15. The first-order valence-corrected chi connectivity index (χ1v) is 7.26. The third-order valence-corrected chi connectivity index (χ3v) is 3.93. The molecule has 0 spiro atoms. The molecule has 2 aromatic rings. The first-order chi connectivity index (χ1) is 10.2. The molecule has 2 unspecified atom stereocenters. The van der Waals surface area contributed by atoms with Crippen LogP contribution in [0.4, 0.5) is 0 Å². The zero-order chi connectivity index (χ0) is 14.8. The topological polar surface area (TPSA) is 63.5 Å². The van der Waals surface area contributed by atoms with Crippen molar-refractivity contribution in [2.75, 3.05) is 13.7 Å². The van der Waals surface area contributed by atoms with Crippen molar-refractivity contribution in [1.29, 1.82) is 0 Å². The van der Waals surface area contributed by atoms with Crippen molar-refractivity contribution >= 4 is 16.9 Å². The van der Waals surface area contributed by atoms with Crippen molar-refractivity contribution in [2.45, 2.75) is 31.8 Å². The van der Waals surface area contributed by atoms with Gasteiger partial charge >= 0.3 is 0 Å². The minimum atomic E-state index is 0.0830. The predicted octanol–water partition coefficient (Wildman–Crippen LogP) is 2.37. The molecule has 1 amide bonds. The van der Waals surface area contributed by atoms with E-state index in [2.05, 4.69) is 17.6 Å². The van der Waals surface area contributed by atoms with Crippen LogP contribution in [0.1, 0.15) is 31.6 Å². The van der Waals surface area contributed by atoms with E-state index in [1.54, 1.807) is 7.11 Å². The fraction of sp³-hybridized carbons (Fsp3) is 0.438. The van der Waals surface area contributed by atoms with Crippen LogP contribution in [-0.2, 0) is 4.79 Å². The van der Waals surface area contributed by atoms with Crippen molar-refractivity contribution in [2.24, 2.45) is 0 Å². The van der Waals surface area contributed by atoms with Gasteiger partial charge in [0.15, 0.2) is 11.3 Å². The second kappa shape index (κ2) is 5.77. The van der Waals surface area contributed by atoms with Crippen molar-refractivity contribution in [3.63, 3.8) is 0 Å². The van der Waals surface area contributed by atoms with E-state index in [9.17, 15) is 4.79 Å². The molecule has 5 nitrogen and oxygen atoms in total. The van der Waals surface area contributed by atoms with Gasteiger partial charge in [-0.25, -0.2) is 0 Å². The van der Waals surface area contributed by atoms with Gasteiger partial charge in [0.1, 0.15) is 5.76 Å². The molecule has 2 N–H and O–H groups in total. The Kier molecular flexibility index (Phi) is 3.84. The summed E-state index contributed by atoms with van der Waals surface area (Å²) < 4.78 is 11.2. The van der Waals surface area contributed by atoms with Crippen LogP contribution in [0.3, 0.4) is 0 Å². The van der Waals surface area contributed by atoms with E-state index in [1.165, 1.54) is 0 Å². The molecule has 1 aliphatic heterocycles. The lowest BCUT2D eigenvalue weighted by molar-refractivity contribution is -0.119. The first kappa shape index (κ1) is 13.9. The predicted molar refractivity (Wildman–Crippen MR) is 80.3 cm³/mol. The summed E-state index contributed by atoms with van der Waals surface area (Å²) in [6.45, 7) is 2.81. The highest BCUT2D eigenvalue weighted by Crippen LogP contribution is 2.30. The third kappa shape index (κ3) is 2.88. The first-order valence-electron chi connectivity index (χ1n) is 7.26. The molecular formula is C16H20N2O3. The Hall–Kier alpha value is -2.01. The molecule has 0 saturated carbocycles. The Morgan fingerprint density at radius 1 is 1.52 bits per heavy atom. The molecule has 112 valence electrons. The summed E-state index contributed by atoms with van der Waals surface area (Å²) in [5.41, 5.74) is 0.776. The number of furan rings is 1. The van der Waals surface area contributed by atoms with E-state index >= 15 is 0 Å². The number of amides is 1. The molecule has 2 heterocycles. The Morgan fingerprint density at radius 2 is 2.38 bits per heavy atom. The fourth-order valence-corrected chi connectivity index (χ4v) is 2.68. The largest absolute Gasteiger partial charge is 0.493 e. The number of hydrogen-bond donors (Lipinski definition) is 2. The Labute approximate surface area is 123 Å². The van der Waals surface area contributed by atoms with Crippen LogP contribution in [-0.4, -0.2) is 25.6 Å². The van der Waals surface area contributed by atoms with Gasteiger partial charge in [-0.1, -0.05) is 12.1 Å². The number of benzene rings is 1. The number of carbonyl (C=O) groups excluding carboxylic acids is 1. The van der Waals surface area contributed by atoms with Gasteiger partial charge in [-0.2, -0.15) is 0 Å². The van der Waals surface area contributed by atoms with Gasteiger partial charge in [-0.05, 0) is 25.5 Å². The normalized spacial score (nSPS) is 19.7. The lowest BCUT2D eigenvalue weighted by atomic mass is 10.2. The van der Waals surface area contributed by atoms with Crippen LogP contribution in [0, 0.1) is 0 Å². The number of fused-ring (bicyclic) bond motifs is 1. The molecule has 1 fully saturated rings. The number of methoxy groups -OCH3 is 1. The number of ether oxygens (including phenoxy) is 1. The summed E-state index contributed by atoms with van der Waals surface area (Å²) in [5.74, 6) is 1.76. The third-order valence-electron chi connectivity index (χ3n) is 3.93. The number of rotatable bonds is 5. The maximum absolute atomic E-state index is 11.2. The zero-order valence-electron chi connectivity index (χ0n) is 12.3. The summed E-state index contributed by atoms with van der Waals surface area (Å²) in [5, 5.41) is 7.40. The second-order valence-electron chi connectivity index (χ2n) is 5.46. The van der Waals surface area contributed by atoms with Gasteiger partial charge in [0.2, 0.25) is 5.91 Å². The molecular weight excluding hydrogens is 268 g/mol. The van der Waals surface area contributed by atoms with E-state index in [4.69, 9.17) is 9.15 Å². The number of nitrogens with one attached hydrogen (secondary N) is 2. The molecule has 0 aliphatic carbocycles. The average molecular weight is 288 g/mol. The number of para-hydroxylation sites is 1. The van der Waals surface area contributed by atoms with E-state index in [0.29, 0.717) is 6.42 Å². The average Bonchev–Trinajstić information content (AvgIpc) is 3.10. The zero-order valence-corrected chi connectivity index (χ0v) is 12.3. The van der Waals surface area contributed by atoms with Gasteiger partial charge in [-0.15, -0.1) is 0 Å². The van der Waals surface area contributed by atoms with Crippen LogP contribution in [0.25, 0.3) is 11.0 Å². The minimum Gasteiger partial charge on any atom is -0.493 e. The van der Waals surface area contributed by atoms with Crippen molar-refractivity contribution in [1.82, 2.24) is 10.6 Å². The van der Waals surface area contributed by atoms with Gasteiger partial charge < -0.3 is 19.8 Å². The SMILES string of the molecule is COc1cccc2cc(C(C)NCC3CCC(=O)N3)oc12. The highest BCUT2D eigenvalue weighted by Gasteiger charge is 2.21. The molecule has 0 radical (unpaired) electrons. The molecule has 2 atom stereocenters. The maximum Gasteiger partial charge on any atom is 0.220 e. The fourth-order valence-electron chi connectivity index (χ4n) is 2.68. The molecule has 0 bridgehead atoms. The van der Waals surface area contributed by atoms with E-state index in [1.807, 2.05) is 24.3 Å². The van der Waals surface area contributed by atoms with Crippen LogP contribution in [0.2, 0.25) is 0 Å². The molecule has 1 aromatic carbocycles. The quantitative estimate of drug-likeness (QED) is 0.886. The van der Waals surface area contributed by atoms with E-state index in [-0.39, 0.29) is 18.0 Å². The van der Waals surface area contributed by atoms with Gasteiger partial charge in [0.25, 0.3) is 0 Å². The van der Waals surface area contributed by atoms with Crippen molar-refractivity contribution < 1.29 is 13.9 Å². The minimum absolute atomic E-state index is 0.0830. The lowest BCUT2D eigenvalue weighted by Crippen LogP contribution is -2.36. The second-order valence-corrected chi connectivity index (χ2v) is 5.46. The monoisotopic (exact) mass is 288 g/mol. The van der Waals surface area contributed by atoms with Gasteiger partial charge in [0, 0.05) is 24.4 Å². The standard InChI is InChI=1S/C16H20N2O3/c1-10(17-9-12-6-7-15(19)18-12)14-8-11-4-3-5-13(20-2)16(11)21-14/h3-5,8,10,12,17H,6-7,9H2,1-2H3,(H,18,19). The number of hydrogen-bond acceptors (Lipinski definition) is 4. The highest BCUT2D eigenvalue weighted by molar-refractivity contribution is 5.83. The summed E-state index contributed by atoms with van der Waals surface area (Å²) in [6, 6.07) is 8.18. The number of carbonyl (C=O) groups is 1. The molecule has 1 aromatic heterocycles. The van der Waals surface area contributed by atoms with Crippen molar-refractivity contribution in [3.8, 4) is 5.75 Å². The van der Waals surface area contributed by atoms with Crippen LogP contribution in [0.15, 0.2) is 28.7 Å². The Morgan fingerprint density at radius 3 is 3.10 bits per heavy atom. The summed E-state index contributed by atoms with van der Waals surface area (Å²) in [6.07, 6.45) is 1.52. The smallest absolute Gasteiger partial charge is 0.220 e. The molecule has 5 heteroatoms. The van der Waals surface area contributed by atoms with E-state index in [0.717, 1.165) is 35.4 Å². The highest BCUT2D eigenvalue weighted by atomic mass is 16.5. The van der Waals surface area contributed by atoms with Crippen LogP contribution in [0.5, 0.6) is 5.75 Å².